The lowest BCUT2D eigenvalue weighted by molar-refractivity contribution is 0.550. The maximum Gasteiger partial charge on any atom is 0.308 e. The number of thiazole rings is 1. The fourth-order valence-electron chi connectivity index (χ4n) is 0.831. The molecule has 74 valence electrons. The first-order valence-electron chi connectivity index (χ1n) is 3.75. The van der Waals surface area contributed by atoms with Crippen molar-refractivity contribution < 1.29 is 12.3 Å². The lowest BCUT2D eigenvalue weighted by Gasteiger charge is -1.95. The van der Waals surface area contributed by atoms with Gasteiger partial charge in [0.05, 0.1) is 10.7 Å². The lowest BCUT2D eigenvalue weighted by atomic mass is 10.2. The van der Waals surface area contributed by atoms with Gasteiger partial charge in [0.2, 0.25) is 0 Å². The van der Waals surface area contributed by atoms with Crippen molar-refractivity contribution in [2.24, 2.45) is 0 Å². The van der Waals surface area contributed by atoms with Crippen molar-refractivity contribution in [2.75, 3.05) is 0 Å². The quantitative estimate of drug-likeness (QED) is 0.737. The van der Waals surface area contributed by atoms with Crippen molar-refractivity contribution in [3.63, 3.8) is 0 Å². The first-order valence-corrected chi connectivity index (χ1v) is 6.18. The second kappa shape index (κ2) is 3.71. The molecule has 0 atom stereocenters. The molecule has 0 aromatic carbocycles. The van der Waals surface area contributed by atoms with E-state index in [2.05, 4.69) is 4.98 Å². The molecule has 0 bridgehead atoms. The molecule has 0 aliphatic heterocycles. The Labute approximate surface area is 80.8 Å². The van der Waals surface area contributed by atoms with Gasteiger partial charge < -0.3 is 0 Å². The summed E-state index contributed by atoms with van der Waals surface area (Å²) in [6.07, 6.45) is 0. The Morgan fingerprint density at radius 2 is 2.23 bits per heavy atom. The lowest BCUT2D eigenvalue weighted by Crippen LogP contribution is -1.97. The molecule has 3 nitrogen and oxygen atoms in total. The van der Waals surface area contributed by atoms with Crippen molar-refractivity contribution in [3.05, 3.63) is 16.1 Å². The molecule has 0 aliphatic carbocycles. The van der Waals surface area contributed by atoms with Crippen molar-refractivity contribution in [2.45, 2.75) is 25.5 Å². The highest BCUT2D eigenvalue weighted by Crippen LogP contribution is 2.20. The number of rotatable bonds is 3. The van der Waals surface area contributed by atoms with Crippen LogP contribution in [-0.2, 0) is 16.0 Å². The maximum atomic E-state index is 12.2. The Bertz CT molecular complexity index is 383. The van der Waals surface area contributed by atoms with Crippen LogP contribution in [0.3, 0.4) is 0 Å². The second-order valence-electron chi connectivity index (χ2n) is 3.01. The van der Waals surface area contributed by atoms with Crippen LogP contribution in [-0.4, -0.2) is 13.4 Å². The highest BCUT2D eigenvalue weighted by Gasteiger charge is 2.13. The molecule has 0 N–H and O–H groups in total. The van der Waals surface area contributed by atoms with E-state index in [1.54, 1.807) is 5.38 Å². The van der Waals surface area contributed by atoms with Gasteiger partial charge >= 0.3 is 10.2 Å². The topological polar surface area (TPSA) is 47.0 Å². The first kappa shape index (κ1) is 10.6. The van der Waals surface area contributed by atoms with Gasteiger partial charge in [0.25, 0.3) is 0 Å². The average Bonchev–Trinajstić information content (AvgIpc) is 2.31. The van der Waals surface area contributed by atoms with Crippen LogP contribution in [0.1, 0.15) is 30.5 Å². The minimum atomic E-state index is -4.45. The van der Waals surface area contributed by atoms with Crippen LogP contribution in [0.2, 0.25) is 0 Å². The Morgan fingerprint density at radius 3 is 2.62 bits per heavy atom. The smallest absolute Gasteiger partial charge is 0.245 e. The molecule has 0 fully saturated rings. The molecule has 1 aromatic rings. The van der Waals surface area contributed by atoms with Gasteiger partial charge in [-0.05, 0) is 0 Å². The fraction of sp³-hybridized carbons (Fsp3) is 0.571. The summed E-state index contributed by atoms with van der Waals surface area (Å²) in [6.45, 7) is 3.90. The number of nitrogens with zero attached hydrogens (tertiary/aromatic N) is 1. The molecular formula is C7H10FNO2S2. The number of hydrogen-bond donors (Lipinski definition) is 0. The molecule has 1 heterocycles. The first-order chi connectivity index (χ1) is 5.88. The van der Waals surface area contributed by atoms with Crippen LogP contribution in [0.15, 0.2) is 5.38 Å². The van der Waals surface area contributed by atoms with Gasteiger partial charge in [0, 0.05) is 11.3 Å². The molecule has 0 unspecified atom stereocenters. The van der Waals surface area contributed by atoms with Crippen molar-refractivity contribution in [1.29, 1.82) is 0 Å². The minimum absolute atomic E-state index is 0.251. The molecule has 1 rings (SSSR count). The van der Waals surface area contributed by atoms with E-state index < -0.39 is 16.0 Å². The Balaban J connectivity index is 2.81. The van der Waals surface area contributed by atoms with E-state index in [9.17, 15) is 12.3 Å². The molecule has 0 saturated carbocycles. The molecule has 0 aliphatic rings. The number of aromatic nitrogens is 1. The van der Waals surface area contributed by atoms with Gasteiger partial charge in [0.1, 0.15) is 5.75 Å². The highest BCUT2D eigenvalue weighted by atomic mass is 32.3. The van der Waals surface area contributed by atoms with E-state index in [1.165, 1.54) is 11.3 Å². The summed E-state index contributed by atoms with van der Waals surface area (Å²) in [5.74, 6) is -0.364. The van der Waals surface area contributed by atoms with E-state index >= 15 is 0 Å². The van der Waals surface area contributed by atoms with Gasteiger partial charge in [-0.25, -0.2) is 4.98 Å². The van der Waals surface area contributed by atoms with Crippen molar-refractivity contribution in [1.82, 2.24) is 4.98 Å². The predicted octanol–water partition coefficient (Wildman–Crippen LogP) is 2.07. The van der Waals surface area contributed by atoms with Crippen LogP contribution in [0, 0.1) is 0 Å². The zero-order valence-corrected chi connectivity index (χ0v) is 8.95. The third-order valence-electron chi connectivity index (χ3n) is 1.38. The van der Waals surface area contributed by atoms with Crippen molar-refractivity contribution in [3.8, 4) is 0 Å². The summed E-state index contributed by atoms with van der Waals surface area (Å²) in [4.78, 5) is 3.99. The molecule has 0 saturated heterocycles. The largest absolute Gasteiger partial charge is 0.308 e. The molecule has 13 heavy (non-hydrogen) atoms. The monoisotopic (exact) mass is 223 g/mol. The SMILES string of the molecule is CC(C)c1nc(CS(=O)(=O)F)cs1. The standard InChI is InChI=1S/C7H10FNO2S2/c1-5(2)7-9-6(3-12-7)4-13(8,10)11/h3,5H,4H2,1-2H3. The van der Waals surface area contributed by atoms with Gasteiger partial charge in [-0.2, -0.15) is 8.42 Å². The van der Waals surface area contributed by atoms with Gasteiger partial charge in [-0.15, -0.1) is 15.2 Å². The summed E-state index contributed by atoms with van der Waals surface area (Å²) in [5, 5.41) is 2.41. The van der Waals surface area contributed by atoms with E-state index in [0.717, 1.165) is 5.01 Å². The van der Waals surface area contributed by atoms with E-state index in [1.807, 2.05) is 13.8 Å². The summed E-state index contributed by atoms with van der Waals surface area (Å²) in [5.41, 5.74) is 0.288. The fourth-order valence-corrected chi connectivity index (χ4v) is 2.27. The van der Waals surface area contributed by atoms with Crippen molar-refractivity contribution >= 4 is 21.6 Å². The van der Waals surface area contributed by atoms with Gasteiger partial charge in [-0.3, -0.25) is 0 Å². The van der Waals surface area contributed by atoms with E-state index in [0.29, 0.717) is 0 Å². The van der Waals surface area contributed by atoms with Crippen LogP contribution >= 0.6 is 11.3 Å². The predicted molar refractivity (Wildman–Crippen MR) is 49.9 cm³/mol. The highest BCUT2D eigenvalue weighted by molar-refractivity contribution is 7.85. The van der Waals surface area contributed by atoms with E-state index in [-0.39, 0.29) is 11.6 Å². The normalized spacial score (nSPS) is 12.3. The molecule has 1 aromatic heterocycles. The van der Waals surface area contributed by atoms with Crippen LogP contribution in [0.5, 0.6) is 0 Å². The van der Waals surface area contributed by atoms with Crippen LogP contribution in [0.4, 0.5) is 3.89 Å². The summed E-state index contributed by atoms with van der Waals surface area (Å²) < 4.78 is 32.8. The van der Waals surface area contributed by atoms with E-state index in [4.69, 9.17) is 0 Å². The maximum absolute atomic E-state index is 12.2. The molecule has 0 radical (unpaired) electrons. The molecular weight excluding hydrogens is 213 g/mol. The van der Waals surface area contributed by atoms with Gasteiger partial charge in [-0.1, -0.05) is 13.8 Å². The Morgan fingerprint density at radius 1 is 1.62 bits per heavy atom. The zero-order valence-electron chi connectivity index (χ0n) is 7.32. The molecule has 0 spiro atoms. The third kappa shape index (κ3) is 3.40. The molecule has 0 amide bonds. The van der Waals surface area contributed by atoms with Gasteiger partial charge in [0.15, 0.2) is 0 Å². The second-order valence-corrected chi connectivity index (χ2v) is 5.27. The number of halogens is 1. The summed E-state index contributed by atoms with van der Waals surface area (Å²) >= 11 is 1.36. The summed E-state index contributed by atoms with van der Waals surface area (Å²) in [6, 6.07) is 0. The average molecular weight is 223 g/mol. The van der Waals surface area contributed by atoms with Crippen LogP contribution < -0.4 is 0 Å². The van der Waals surface area contributed by atoms with Crippen LogP contribution in [0.25, 0.3) is 0 Å². The third-order valence-corrected chi connectivity index (χ3v) is 3.22. The Kier molecular flexibility index (Phi) is 3.02. The molecule has 6 heteroatoms. The minimum Gasteiger partial charge on any atom is -0.245 e. The number of hydrogen-bond acceptors (Lipinski definition) is 4. The summed E-state index contributed by atoms with van der Waals surface area (Å²) in [7, 11) is -4.45. The zero-order chi connectivity index (χ0) is 10.1. The Hall–Kier alpha value is -0.490.